The van der Waals surface area contributed by atoms with Crippen molar-refractivity contribution in [3.8, 4) is 5.69 Å². The molecule has 2 heterocycles. The summed E-state index contributed by atoms with van der Waals surface area (Å²) in [4.78, 5) is 25.5. The molecule has 150 valence electrons. The summed E-state index contributed by atoms with van der Waals surface area (Å²) in [6.45, 7) is 3.26. The lowest BCUT2D eigenvalue weighted by Gasteiger charge is -2.35. The lowest BCUT2D eigenvalue weighted by Crippen LogP contribution is -2.48. The molecule has 2 aromatic rings. The number of morpholine rings is 1. The van der Waals surface area contributed by atoms with Crippen molar-refractivity contribution >= 4 is 11.9 Å². The number of amides is 1. The Balaban J connectivity index is 1.91. The second kappa shape index (κ2) is 7.63. The summed E-state index contributed by atoms with van der Waals surface area (Å²) < 4.78 is 45.9. The third-order valence-electron chi connectivity index (χ3n) is 4.59. The first-order valence-electron chi connectivity index (χ1n) is 8.61. The number of hydrogen-bond donors (Lipinski definition) is 1. The van der Waals surface area contributed by atoms with Crippen molar-refractivity contribution in [2.24, 2.45) is 0 Å². The summed E-state index contributed by atoms with van der Waals surface area (Å²) in [5, 5.41) is 12.6. The molecule has 10 heteroatoms. The molecule has 0 bridgehead atoms. The fraction of sp³-hybridized carbons (Fsp3) is 0.389. The van der Waals surface area contributed by atoms with Gasteiger partial charge in [0.2, 0.25) is 0 Å². The van der Waals surface area contributed by atoms with E-state index in [2.05, 4.69) is 5.10 Å². The van der Waals surface area contributed by atoms with E-state index in [9.17, 15) is 22.8 Å². The van der Waals surface area contributed by atoms with Gasteiger partial charge in [-0.2, -0.15) is 18.3 Å². The molecular formula is C18H18F3N3O4. The largest absolute Gasteiger partial charge is 0.478 e. The van der Waals surface area contributed by atoms with Gasteiger partial charge in [0.1, 0.15) is 5.56 Å². The minimum Gasteiger partial charge on any atom is -0.478 e. The van der Waals surface area contributed by atoms with E-state index in [-0.39, 0.29) is 17.6 Å². The Labute approximate surface area is 158 Å². The fourth-order valence-electron chi connectivity index (χ4n) is 3.14. The first-order chi connectivity index (χ1) is 13.2. The smallest absolute Gasteiger partial charge is 0.434 e. The van der Waals surface area contributed by atoms with Gasteiger partial charge in [0.05, 0.1) is 31.1 Å². The predicted molar refractivity (Wildman–Crippen MR) is 91.5 cm³/mol. The molecule has 28 heavy (non-hydrogen) atoms. The van der Waals surface area contributed by atoms with Crippen molar-refractivity contribution < 1.29 is 32.6 Å². The average Bonchev–Trinajstić information content (AvgIpc) is 3.13. The highest BCUT2D eigenvalue weighted by atomic mass is 19.4. The number of aromatic nitrogens is 2. The molecule has 1 aromatic heterocycles. The zero-order valence-electron chi connectivity index (χ0n) is 14.9. The molecule has 0 unspecified atom stereocenters. The van der Waals surface area contributed by atoms with Gasteiger partial charge in [-0.05, 0) is 30.7 Å². The SMILES string of the molecule is CC[C@H]1COCCN1C(=O)c1ccc(-n2ncc(C(=O)O)c2C(F)(F)F)cc1. The number of carbonyl (C=O) groups is 2. The summed E-state index contributed by atoms with van der Waals surface area (Å²) in [6, 6.07) is 5.37. The molecule has 7 nitrogen and oxygen atoms in total. The van der Waals surface area contributed by atoms with Crippen molar-refractivity contribution in [2.75, 3.05) is 19.8 Å². The molecule has 1 saturated heterocycles. The number of carboxylic acid groups (broad SMARTS) is 1. The van der Waals surface area contributed by atoms with E-state index in [0.717, 1.165) is 6.42 Å². The van der Waals surface area contributed by atoms with Crippen LogP contribution in [-0.2, 0) is 10.9 Å². The second-order valence-electron chi connectivity index (χ2n) is 6.30. The van der Waals surface area contributed by atoms with Crippen LogP contribution in [0, 0.1) is 0 Å². The van der Waals surface area contributed by atoms with Gasteiger partial charge >= 0.3 is 12.1 Å². The molecule has 0 spiro atoms. The Kier molecular flexibility index (Phi) is 5.41. The second-order valence-corrected chi connectivity index (χ2v) is 6.30. The standard InChI is InChI=1S/C18H18F3N3O4/c1-2-12-10-28-8-7-23(12)16(25)11-3-5-13(6-4-11)24-15(18(19,20)21)14(9-22-24)17(26)27/h3-6,9,12H,2,7-8,10H2,1H3,(H,26,27)/t12-/m0/s1. The van der Waals surface area contributed by atoms with E-state index in [4.69, 9.17) is 9.84 Å². The summed E-state index contributed by atoms with van der Waals surface area (Å²) in [7, 11) is 0. The highest BCUT2D eigenvalue weighted by Gasteiger charge is 2.40. The van der Waals surface area contributed by atoms with E-state index < -0.39 is 23.4 Å². The summed E-state index contributed by atoms with van der Waals surface area (Å²) >= 11 is 0. The van der Waals surface area contributed by atoms with E-state index >= 15 is 0 Å². The number of benzene rings is 1. The quantitative estimate of drug-likeness (QED) is 0.858. The van der Waals surface area contributed by atoms with Gasteiger partial charge < -0.3 is 14.7 Å². The van der Waals surface area contributed by atoms with Crippen LogP contribution in [0.25, 0.3) is 5.69 Å². The highest BCUT2D eigenvalue weighted by molar-refractivity contribution is 5.94. The van der Waals surface area contributed by atoms with E-state index in [0.29, 0.717) is 36.2 Å². The van der Waals surface area contributed by atoms with E-state index in [1.165, 1.54) is 24.3 Å². The van der Waals surface area contributed by atoms with Crippen molar-refractivity contribution in [1.82, 2.24) is 14.7 Å². The molecule has 0 radical (unpaired) electrons. The van der Waals surface area contributed by atoms with Crippen molar-refractivity contribution in [3.05, 3.63) is 47.3 Å². The van der Waals surface area contributed by atoms with Crippen LogP contribution >= 0.6 is 0 Å². The number of carbonyl (C=O) groups excluding carboxylic acids is 1. The summed E-state index contributed by atoms with van der Waals surface area (Å²) in [5.41, 5.74) is -1.99. The zero-order valence-corrected chi connectivity index (χ0v) is 14.9. The predicted octanol–water partition coefficient (Wildman–Crippen LogP) is 2.84. The maximum atomic E-state index is 13.3. The van der Waals surface area contributed by atoms with Gasteiger partial charge in [0.25, 0.3) is 5.91 Å². The highest BCUT2D eigenvalue weighted by Crippen LogP contribution is 2.33. The fourth-order valence-corrected chi connectivity index (χ4v) is 3.14. The molecule has 1 aliphatic rings. The van der Waals surface area contributed by atoms with Crippen molar-refractivity contribution in [2.45, 2.75) is 25.6 Å². The average molecular weight is 397 g/mol. The number of ether oxygens (including phenoxy) is 1. The van der Waals surface area contributed by atoms with Crippen LogP contribution in [0.5, 0.6) is 0 Å². The minimum absolute atomic E-state index is 0.00499. The Morgan fingerprint density at radius 1 is 1.29 bits per heavy atom. The monoisotopic (exact) mass is 397 g/mol. The van der Waals surface area contributed by atoms with E-state index in [1.54, 1.807) is 4.90 Å². The lowest BCUT2D eigenvalue weighted by molar-refractivity contribution is -0.143. The maximum absolute atomic E-state index is 13.3. The molecule has 1 fully saturated rings. The van der Waals surface area contributed by atoms with Gasteiger partial charge in [0.15, 0.2) is 5.69 Å². The minimum atomic E-state index is -4.90. The van der Waals surface area contributed by atoms with Crippen LogP contribution < -0.4 is 0 Å². The van der Waals surface area contributed by atoms with Crippen LogP contribution in [0.15, 0.2) is 30.5 Å². The van der Waals surface area contributed by atoms with Crippen molar-refractivity contribution in [3.63, 3.8) is 0 Å². The lowest BCUT2D eigenvalue weighted by atomic mass is 10.1. The molecule has 0 saturated carbocycles. The Morgan fingerprint density at radius 3 is 2.54 bits per heavy atom. The van der Waals surface area contributed by atoms with Crippen LogP contribution in [0.3, 0.4) is 0 Å². The van der Waals surface area contributed by atoms with E-state index in [1.807, 2.05) is 6.92 Å². The Bertz CT molecular complexity index is 877. The number of hydrogen-bond acceptors (Lipinski definition) is 4. The summed E-state index contributed by atoms with van der Waals surface area (Å²) in [5.74, 6) is -1.95. The van der Waals surface area contributed by atoms with Gasteiger partial charge in [-0.15, -0.1) is 0 Å². The van der Waals surface area contributed by atoms with Crippen LogP contribution in [0.2, 0.25) is 0 Å². The molecule has 1 amide bonds. The van der Waals surface area contributed by atoms with Crippen molar-refractivity contribution in [1.29, 1.82) is 0 Å². The molecule has 1 aromatic carbocycles. The normalized spacial score (nSPS) is 17.6. The molecule has 0 aliphatic carbocycles. The summed E-state index contributed by atoms with van der Waals surface area (Å²) in [6.07, 6.45) is -3.52. The number of nitrogens with zero attached hydrogens (tertiary/aromatic N) is 3. The number of rotatable bonds is 4. The molecule has 1 atom stereocenters. The van der Waals surface area contributed by atoms with Crippen LogP contribution in [0.1, 0.15) is 39.8 Å². The molecular weight excluding hydrogens is 379 g/mol. The Morgan fingerprint density at radius 2 is 1.96 bits per heavy atom. The molecule has 3 rings (SSSR count). The van der Waals surface area contributed by atoms with Gasteiger partial charge in [-0.3, -0.25) is 4.79 Å². The topological polar surface area (TPSA) is 84.7 Å². The Hall–Kier alpha value is -2.88. The van der Waals surface area contributed by atoms with Gasteiger partial charge in [-0.25, -0.2) is 9.48 Å². The zero-order chi connectivity index (χ0) is 20.5. The third kappa shape index (κ3) is 3.72. The first-order valence-corrected chi connectivity index (χ1v) is 8.61. The number of carboxylic acids is 1. The molecule has 1 aliphatic heterocycles. The number of alkyl halides is 3. The van der Waals surface area contributed by atoms with Crippen LogP contribution in [0.4, 0.5) is 13.2 Å². The van der Waals surface area contributed by atoms with Gasteiger partial charge in [-0.1, -0.05) is 6.92 Å². The molecule has 1 N–H and O–H groups in total. The maximum Gasteiger partial charge on any atom is 0.434 e. The van der Waals surface area contributed by atoms with Crippen LogP contribution in [-0.4, -0.2) is 57.5 Å². The first kappa shape index (κ1) is 19.9. The number of aromatic carboxylic acids is 1. The number of halogens is 3. The third-order valence-corrected chi connectivity index (χ3v) is 4.59. The van der Waals surface area contributed by atoms with Gasteiger partial charge in [0, 0.05) is 12.1 Å².